The first kappa shape index (κ1) is 19.7. The van der Waals surface area contributed by atoms with E-state index in [-0.39, 0.29) is 7.92 Å². The van der Waals surface area contributed by atoms with Crippen molar-refractivity contribution in [3.63, 3.8) is 0 Å². The van der Waals surface area contributed by atoms with Crippen LogP contribution < -0.4 is 0 Å². The van der Waals surface area contributed by atoms with Gasteiger partial charge in [0.2, 0.25) is 0 Å². The third kappa shape index (κ3) is 8.47. The van der Waals surface area contributed by atoms with Gasteiger partial charge in [0.15, 0.2) is 0 Å². The van der Waals surface area contributed by atoms with Gasteiger partial charge in [-0.25, -0.2) is 0 Å². The zero-order chi connectivity index (χ0) is 13.8. The zero-order valence-corrected chi connectivity index (χ0v) is 15.6. The van der Waals surface area contributed by atoms with Crippen molar-refractivity contribution in [3.05, 3.63) is 0 Å². The maximum atomic E-state index is 4.93. The molecule has 0 aliphatic rings. The second kappa shape index (κ2) is 7.09. The van der Waals surface area contributed by atoms with E-state index < -0.39 is 0 Å². The summed E-state index contributed by atoms with van der Waals surface area (Å²) < 4.78 is 0.572. The zero-order valence-electron chi connectivity index (χ0n) is 12.3. The Kier molecular flexibility index (Phi) is 8.74. The Morgan fingerprint density at radius 3 is 0.875 bits per heavy atom. The van der Waals surface area contributed by atoms with Gasteiger partial charge in [0.05, 0.1) is 0 Å². The topological polar surface area (TPSA) is 0 Å². The summed E-state index contributed by atoms with van der Waals surface area (Å²) in [5, 5.41) is 1.35. The Balaban J connectivity index is 0. The predicted molar refractivity (Wildman–Crippen MR) is 76.9 cm³/mol. The minimum atomic E-state index is 0.0162. The van der Waals surface area contributed by atoms with Crippen molar-refractivity contribution in [2.24, 2.45) is 0 Å². The molecule has 103 valence electrons. The van der Waals surface area contributed by atoms with Gasteiger partial charge >= 0.3 is 35.2 Å². The van der Waals surface area contributed by atoms with Gasteiger partial charge < -0.3 is 0 Å². The number of rotatable bonds is 0. The van der Waals surface area contributed by atoms with Crippen LogP contribution in [0.2, 0.25) is 0 Å². The van der Waals surface area contributed by atoms with Gasteiger partial charge in [0.1, 0.15) is 0 Å². The van der Waals surface area contributed by atoms with Gasteiger partial charge in [-0.15, -0.1) is 0 Å². The monoisotopic (exact) mass is 357 g/mol. The quantitative estimate of drug-likeness (QED) is 0.301. The van der Waals surface area contributed by atoms with Crippen molar-refractivity contribution >= 4 is 19.5 Å². The van der Waals surface area contributed by atoms with Crippen molar-refractivity contribution in [1.82, 2.24) is 0 Å². The summed E-state index contributed by atoms with van der Waals surface area (Å²) in [7, 11) is 0.0162. The van der Waals surface area contributed by atoms with Gasteiger partial charge in [-0.1, -0.05) is 70.2 Å². The normalized spacial score (nSPS) is 13.6. The van der Waals surface area contributed by atoms with Gasteiger partial charge in [0, 0.05) is 0 Å². The van der Waals surface area contributed by atoms with Crippen LogP contribution in [0, 0.1) is 0 Å². The van der Waals surface area contributed by atoms with Crippen LogP contribution in [0.3, 0.4) is 0 Å². The van der Waals surface area contributed by atoms with Crippen molar-refractivity contribution in [2.45, 2.75) is 77.8 Å². The van der Waals surface area contributed by atoms with Crippen LogP contribution in [0.15, 0.2) is 0 Å². The minimum absolute atomic E-state index is 0.0162. The molecule has 0 unspecified atom stereocenters. The van der Waals surface area contributed by atoms with E-state index in [2.05, 4.69) is 81.5 Å². The van der Waals surface area contributed by atoms with Gasteiger partial charge in [-0.05, 0) is 15.5 Å². The summed E-state index contributed by atoms with van der Waals surface area (Å²) in [6.45, 7) is 21.5. The van der Waals surface area contributed by atoms with Gasteiger partial charge in [-0.2, -0.15) is 0 Å². The number of halogens is 1. The van der Waals surface area contributed by atoms with Crippen LogP contribution in [0.1, 0.15) is 62.3 Å². The molecule has 0 aliphatic carbocycles. The van der Waals surface area contributed by atoms with E-state index >= 15 is 0 Å². The molecule has 0 heterocycles. The van der Waals surface area contributed by atoms with Crippen molar-refractivity contribution < 1.29 is 19.2 Å². The number of hydrogen-bond acceptors (Lipinski definition) is 0. The van der Waals surface area contributed by atoms with E-state index in [9.17, 15) is 0 Å². The molecule has 0 aromatic carbocycles. The molecule has 0 saturated carbocycles. The summed E-state index contributed by atoms with van der Waals surface area (Å²) in [6.07, 6.45) is 0. The summed E-state index contributed by atoms with van der Waals surface area (Å²) in [5.41, 5.74) is 0. The Morgan fingerprint density at radius 2 is 0.875 bits per heavy atom. The first-order valence-electron chi connectivity index (χ1n) is 5.66. The molecule has 0 saturated heterocycles. The second-order valence-electron chi connectivity index (χ2n) is 6.93. The molecular formula is C13H29ClPPd. The fourth-order valence-electron chi connectivity index (χ4n) is 3.02. The summed E-state index contributed by atoms with van der Waals surface area (Å²) >= 11 is 7.64. The molecule has 0 aliphatic heterocycles. The Bertz CT molecular complexity index is 150. The van der Waals surface area contributed by atoms with Crippen molar-refractivity contribution in [2.75, 3.05) is 4.35 Å². The maximum absolute atomic E-state index is 4.93. The molecular weight excluding hydrogens is 329 g/mol. The van der Waals surface area contributed by atoms with Gasteiger partial charge in [0.25, 0.3) is 0 Å². The molecule has 0 fully saturated rings. The molecule has 0 bridgehead atoms. The van der Waals surface area contributed by atoms with Gasteiger partial charge in [-0.3, -0.25) is 0 Å². The van der Waals surface area contributed by atoms with Crippen LogP contribution >= 0.6 is 19.5 Å². The third-order valence-corrected chi connectivity index (χ3v) is 6.04. The molecule has 0 aromatic heterocycles. The Labute approximate surface area is 120 Å². The Hall–Kier alpha value is 1.38. The average molecular weight is 358 g/mol. The molecule has 0 spiro atoms. The second-order valence-corrected chi connectivity index (χ2v) is 13.0. The summed E-state index contributed by atoms with van der Waals surface area (Å²) in [4.78, 5) is 0. The molecule has 0 rings (SSSR count). The molecule has 0 nitrogen and oxygen atoms in total. The molecule has 0 atom stereocenters. The van der Waals surface area contributed by atoms with E-state index in [4.69, 9.17) is 11.6 Å². The average Bonchev–Trinajstić information content (AvgIpc) is 1.74. The molecule has 0 radical (unpaired) electrons. The van der Waals surface area contributed by atoms with Crippen LogP contribution in [-0.2, 0) is 19.2 Å². The van der Waals surface area contributed by atoms with Crippen LogP contribution in [0.4, 0.5) is 0 Å². The van der Waals surface area contributed by atoms with E-state index in [1.165, 1.54) is 0 Å². The van der Waals surface area contributed by atoms with Crippen molar-refractivity contribution in [3.8, 4) is 0 Å². The fraction of sp³-hybridized carbons (Fsp3) is 1.00. The number of hydrogen-bond donors (Lipinski definition) is 0. The van der Waals surface area contributed by atoms with E-state index in [1.54, 1.807) is 0 Å². The summed E-state index contributed by atoms with van der Waals surface area (Å²) in [5.74, 6) is 0. The van der Waals surface area contributed by atoms with E-state index in [0.717, 1.165) is 0 Å². The molecule has 0 N–H and O–H groups in total. The molecule has 3 heteroatoms. The first-order chi connectivity index (χ1) is 6.78. The van der Waals surface area contributed by atoms with Crippen LogP contribution in [0.5, 0.6) is 0 Å². The molecule has 0 amide bonds. The molecule has 0 aromatic rings. The van der Waals surface area contributed by atoms with Crippen molar-refractivity contribution in [1.29, 1.82) is 0 Å². The van der Waals surface area contributed by atoms with Crippen LogP contribution in [-0.4, -0.2) is 19.8 Å². The SMILES string of the molecule is CC(C)(C)P(C(C)(C)C)C(C)(C)C.Cl[CH2][Pd]. The predicted octanol–water partition coefficient (Wildman–Crippen LogP) is 5.59. The standard InChI is InChI=1S/C12H27P.CH2Cl.Pd/c1-10(2,3)13(11(4,5)6)12(7,8)9;1-2;/h1-9H3;1H2;. The fourth-order valence-corrected chi connectivity index (χ4v) is 9.06. The Morgan fingerprint density at radius 1 is 0.750 bits per heavy atom. The van der Waals surface area contributed by atoms with E-state index in [0.29, 0.717) is 19.8 Å². The van der Waals surface area contributed by atoms with Crippen LogP contribution in [0.25, 0.3) is 0 Å². The number of alkyl halides is 1. The molecule has 16 heavy (non-hydrogen) atoms. The van der Waals surface area contributed by atoms with E-state index in [1.807, 2.05) is 0 Å². The summed E-state index contributed by atoms with van der Waals surface area (Å²) in [6, 6.07) is 0. The third-order valence-electron chi connectivity index (χ3n) is 2.01. The first-order valence-corrected chi connectivity index (χ1v) is 8.64.